The second kappa shape index (κ2) is 4.59. The highest BCUT2D eigenvalue weighted by Crippen LogP contribution is 2.10. The van der Waals surface area contributed by atoms with Crippen LogP contribution in [-0.2, 0) is 6.54 Å². The van der Waals surface area contributed by atoms with Gasteiger partial charge in [-0.25, -0.2) is 4.98 Å². The van der Waals surface area contributed by atoms with Crippen LogP contribution >= 0.6 is 12.6 Å². The molecule has 1 N–H and O–H groups in total. The van der Waals surface area contributed by atoms with Crippen molar-refractivity contribution in [3.63, 3.8) is 0 Å². The normalized spacial score (nSPS) is 10.8. The van der Waals surface area contributed by atoms with Crippen molar-refractivity contribution in [3.8, 4) is 0 Å². The summed E-state index contributed by atoms with van der Waals surface area (Å²) in [4.78, 5) is 16.2. The highest BCUT2D eigenvalue weighted by Gasteiger charge is 2.07. The fourth-order valence-corrected chi connectivity index (χ4v) is 1.85. The summed E-state index contributed by atoms with van der Waals surface area (Å²) in [6, 6.07) is 7.12. The van der Waals surface area contributed by atoms with Gasteiger partial charge in [0, 0.05) is 13.2 Å². The average Bonchev–Trinajstić information content (AvgIpc) is 2.29. The lowest BCUT2D eigenvalue weighted by molar-refractivity contribution is 0.276. The molecule has 0 amide bonds. The van der Waals surface area contributed by atoms with Crippen LogP contribution in [0.2, 0.25) is 0 Å². The first kappa shape index (κ1) is 11.0. The van der Waals surface area contributed by atoms with Gasteiger partial charge in [0.05, 0.1) is 10.9 Å². The highest BCUT2D eigenvalue weighted by atomic mass is 32.1. The summed E-state index contributed by atoms with van der Waals surface area (Å²) in [5.41, 5.74) is 0.488. The molecule has 2 rings (SSSR count). The van der Waals surface area contributed by atoms with Crippen LogP contribution in [0, 0.1) is 0 Å². The SMILES string of the molecule is O=c1c2ccccc2nc([S])n1CCCO. The third-order valence-electron chi connectivity index (χ3n) is 2.37. The molecule has 0 unspecified atom stereocenters. The maximum absolute atomic E-state index is 12.0. The summed E-state index contributed by atoms with van der Waals surface area (Å²) >= 11 is 5.05. The van der Waals surface area contributed by atoms with Crippen LogP contribution in [0.4, 0.5) is 0 Å². The predicted octanol–water partition coefficient (Wildman–Crippen LogP) is 1.34. The molecule has 1 aromatic heterocycles. The highest BCUT2D eigenvalue weighted by molar-refractivity contribution is 7.80. The largest absolute Gasteiger partial charge is 0.396 e. The summed E-state index contributed by atoms with van der Waals surface area (Å²) in [5.74, 6) is 0. The Morgan fingerprint density at radius 2 is 2.12 bits per heavy atom. The third-order valence-corrected chi connectivity index (χ3v) is 2.68. The Balaban J connectivity index is 2.61. The Kier molecular flexibility index (Phi) is 3.17. The van der Waals surface area contributed by atoms with Crippen LogP contribution < -0.4 is 5.56 Å². The monoisotopic (exact) mass is 235 g/mol. The van der Waals surface area contributed by atoms with Crippen LogP contribution in [0.3, 0.4) is 0 Å². The fourth-order valence-electron chi connectivity index (χ4n) is 1.57. The van der Waals surface area contributed by atoms with Crippen LogP contribution in [0.5, 0.6) is 0 Å². The van der Waals surface area contributed by atoms with Gasteiger partial charge in [-0.05, 0) is 31.2 Å². The van der Waals surface area contributed by atoms with Gasteiger partial charge < -0.3 is 5.11 Å². The van der Waals surface area contributed by atoms with Crippen molar-refractivity contribution in [1.29, 1.82) is 0 Å². The first-order valence-electron chi connectivity index (χ1n) is 5.01. The number of aromatic nitrogens is 2. The van der Waals surface area contributed by atoms with Crippen LogP contribution in [0.1, 0.15) is 6.42 Å². The van der Waals surface area contributed by atoms with Gasteiger partial charge in [0.25, 0.3) is 5.56 Å². The molecule has 0 saturated heterocycles. The number of aliphatic hydroxyl groups is 1. The molecule has 0 aliphatic carbocycles. The lowest BCUT2D eigenvalue weighted by atomic mass is 10.2. The van der Waals surface area contributed by atoms with Crippen molar-refractivity contribution in [2.75, 3.05) is 6.61 Å². The van der Waals surface area contributed by atoms with Crippen molar-refractivity contribution in [2.24, 2.45) is 0 Å². The van der Waals surface area contributed by atoms with Crippen molar-refractivity contribution in [2.45, 2.75) is 18.1 Å². The number of aliphatic hydroxyl groups excluding tert-OH is 1. The molecular weight excluding hydrogens is 224 g/mol. The van der Waals surface area contributed by atoms with E-state index >= 15 is 0 Å². The van der Waals surface area contributed by atoms with Gasteiger partial charge >= 0.3 is 0 Å². The van der Waals surface area contributed by atoms with E-state index in [2.05, 4.69) is 4.98 Å². The quantitative estimate of drug-likeness (QED) is 0.817. The minimum absolute atomic E-state index is 0.0358. The number of rotatable bonds is 3. The maximum atomic E-state index is 12.0. The number of nitrogens with zero attached hydrogens (tertiary/aromatic N) is 2. The second-order valence-electron chi connectivity index (χ2n) is 3.45. The molecule has 1 radical (unpaired) electrons. The standard InChI is InChI=1S/C11H11N2O2S/c14-7-3-6-13-10(15)8-4-1-2-5-9(8)12-11(13)16/h1-2,4-5,14H,3,6-7H2. The Hall–Kier alpha value is -1.46. The first-order chi connectivity index (χ1) is 7.74. The number of hydrogen-bond acceptors (Lipinski definition) is 3. The maximum Gasteiger partial charge on any atom is 0.262 e. The van der Waals surface area contributed by atoms with E-state index in [4.69, 9.17) is 17.7 Å². The van der Waals surface area contributed by atoms with Crippen LogP contribution in [0.15, 0.2) is 34.2 Å². The van der Waals surface area contributed by atoms with E-state index in [0.29, 0.717) is 23.9 Å². The lowest BCUT2D eigenvalue weighted by Crippen LogP contribution is -2.23. The zero-order valence-corrected chi connectivity index (χ0v) is 9.41. The van der Waals surface area contributed by atoms with Gasteiger partial charge in [-0.2, -0.15) is 0 Å². The van der Waals surface area contributed by atoms with E-state index in [9.17, 15) is 4.79 Å². The average molecular weight is 235 g/mol. The van der Waals surface area contributed by atoms with Crippen molar-refractivity contribution < 1.29 is 5.11 Å². The molecule has 4 nitrogen and oxygen atoms in total. The minimum Gasteiger partial charge on any atom is -0.396 e. The van der Waals surface area contributed by atoms with Gasteiger partial charge in [0.2, 0.25) is 5.16 Å². The van der Waals surface area contributed by atoms with Gasteiger partial charge in [0.15, 0.2) is 0 Å². The molecule has 0 aliphatic heterocycles. The molecule has 0 spiro atoms. The van der Waals surface area contributed by atoms with E-state index in [1.165, 1.54) is 4.57 Å². The van der Waals surface area contributed by atoms with Gasteiger partial charge in [-0.15, -0.1) is 0 Å². The summed E-state index contributed by atoms with van der Waals surface area (Å²) in [6.45, 7) is 0.444. The Morgan fingerprint density at radius 1 is 1.38 bits per heavy atom. The summed E-state index contributed by atoms with van der Waals surface area (Å²) in [6.07, 6.45) is 0.504. The molecule has 0 fully saturated rings. The lowest BCUT2D eigenvalue weighted by Gasteiger charge is -2.07. The molecule has 0 saturated carbocycles. The Bertz CT molecular complexity index is 565. The summed E-state index contributed by atoms with van der Waals surface area (Å²) in [7, 11) is 0. The van der Waals surface area contributed by atoms with Crippen molar-refractivity contribution in [3.05, 3.63) is 34.6 Å². The van der Waals surface area contributed by atoms with Crippen LogP contribution in [0.25, 0.3) is 10.9 Å². The summed E-state index contributed by atoms with van der Waals surface area (Å²) < 4.78 is 1.42. The molecule has 1 aromatic carbocycles. The number of fused-ring (bicyclic) bond motifs is 1. The minimum atomic E-state index is -0.135. The summed E-state index contributed by atoms with van der Waals surface area (Å²) in [5, 5.41) is 9.59. The Labute approximate surface area is 98.0 Å². The van der Waals surface area contributed by atoms with E-state index in [1.54, 1.807) is 18.2 Å². The predicted molar refractivity (Wildman–Crippen MR) is 63.6 cm³/mol. The van der Waals surface area contributed by atoms with Gasteiger partial charge in [-0.1, -0.05) is 12.1 Å². The molecule has 16 heavy (non-hydrogen) atoms. The molecular formula is C11H11N2O2S. The zero-order valence-electron chi connectivity index (χ0n) is 8.59. The Morgan fingerprint density at radius 3 is 2.88 bits per heavy atom. The van der Waals surface area contributed by atoms with Crippen molar-refractivity contribution >= 4 is 23.5 Å². The molecule has 83 valence electrons. The van der Waals surface area contributed by atoms with Crippen LogP contribution in [-0.4, -0.2) is 21.3 Å². The third kappa shape index (κ3) is 1.91. The number of para-hydroxylation sites is 1. The first-order valence-corrected chi connectivity index (χ1v) is 5.42. The van der Waals surface area contributed by atoms with E-state index in [1.807, 2.05) is 6.07 Å². The van der Waals surface area contributed by atoms with Gasteiger partial charge in [0.1, 0.15) is 0 Å². The molecule has 0 atom stereocenters. The van der Waals surface area contributed by atoms with E-state index in [0.717, 1.165) is 0 Å². The molecule has 5 heteroatoms. The molecule has 0 bridgehead atoms. The van der Waals surface area contributed by atoms with Crippen molar-refractivity contribution in [1.82, 2.24) is 9.55 Å². The fraction of sp³-hybridized carbons (Fsp3) is 0.273. The molecule has 1 heterocycles. The molecule has 2 aromatic rings. The number of benzene rings is 1. The van der Waals surface area contributed by atoms with E-state index in [-0.39, 0.29) is 17.3 Å². The zero-order chi connectivity index (χ0) is 11.5. The smallest absolute Gasteiger partial charge is 0.262 e. The molecule has 0 aliphatic rings. The topological polar surface area (TPSA) is 55.1 Å². The number of hydrogen-bond donors (Lipinski definition) is 1. The van der Waals surface area contributed by atoms with Gasteiger partial charge in [-0.3, -0.25) is 9.36 Å². The van der Waals surface area contributed by atoms with E-state index < -0.39 is 0 Å². The second-order valence-corrected chi connectivity index (χ2v) is 3.81.